The van der Waals surface area contributed by atoms with Gasteiger partial charge in [-0.1, -0.05) is 17.7 Å². The highest BCUT2D eigenvalue weighted by Crippen LogP contribution is 2.37. The molecular weight excluding hydrogens is 348 g/mol. The molecule has 122 valence electrons. The van der Waals surface area contributed by atoms with Crippen molar-refractivity contribution >= 4 is 52.5 Å². The number of carboxylic acid groups (broad SMARTS) is 1. The number of ether oxygens (including phenoxy) is 1. The van der Waals surface area contributed by atoms with Crippen molar-refractivity contribution in [1.29, 1.82) is 0 Å². The van der Waals surface area contributed by atoms with Crippen LogP contribution in [0.1, 0.15) is 10.4 Å². The maximum absolute atomic E-state index is 11.5. The number of aromatic nitrogens is 1. The number of pyridine rings is 1. The molecule has 0 aliphatic carbocycles. The lowest BCUT2D eigenvalue weighted by molar-refractivity contribution is 0.0697. The smallest absolute Gasteiger partial charge is 0.337 e. The lowest BCUT2D eigenvalue weighted by Gasteiger charge is -2.16. The summed E-state index contributed by atoms with van der Waals surface area (Å²) in [6, 6.07) is 10.1. The number of carboxylic acids is 1. The molecule has 0 atom stereocenters. The number of hydrogen-bond donors (Lipinski definition) is 3. The van der Waals surface area contributed by atoms with Gasteiger partial charge in [0.05, 0.1) is 29.6 Å². The summed E-state index contributed by atoms with van der Waals surface area (Å²) in [5, 5.41) is 13.9. The largest absolute Gasteiger partial charge is 0.495 e. The summed E-state index contributed by atoms with van der Waals surface area (Å²) in [7, 11) is 1.48. The Bertz CT molecular complexity index is 941. The van der Waals surface area contributed by atoms with E-state index in [2.05, 4.69) is 22.9 Å². The molecule has 24 heavy (non-hydrogen) atoms. The molecule has 0 saturated carbocycles. The number of nitrogens with one attached hydrogen (secondary N) is 1. The number of fused-ring (bicyclic) bond motifs is 1. The van der Waals surface area contributed by atoms with Crippen molar-refractivity contribution in [1.82, 2.24) is 4.98 Å². The molecular formula is C17H13ClN2O3S. The third-order valence-corrected chi connectivity index (χ3v) is 4.11. The minimum Gasteiger partial charge on any atom is -0.495 e. The van der Waals surface area contributed by atoms with Crippen LogP contribution < -0.4 is 10.1 Å². The number of carbonyl (C=O) groups is 1. The van der Waals surface area contributed by atoms with Crippen LogP contribution in [0.15, 0.2) is 47.5 Å². The van der Waals surface area contributed by atoms with Crippen molar-refractivity contribution < 1.29 is 14.6 Å². The van der Waals surface area contributed by atoms with E-state index in [-0.39, 0.29) is 5.56 Å². The lowest BCUT2D eigenvalue weighted by atomic mass is 10.1. The number of aromatic carboxylic acids is 1. The van der Waals surface area contributed by atoms with Gasteiger partial charge < -0.3 is 15.2 Å². The number of rotatable bonds is 4. The molecule has 0 radical (unpaired) electrons. The van der Waals surface area contributed by atoms with Crippen molar-refractivity contribution in [3.63, 3.8) is 0 Å². The lowest BCUT2D eigenvalue weighted by Crippen LogP contribution is -2.05. The van der Waals surface area contributed by atoms with E-state index in [9.17, 15) is 9.90 Å². The van der Waals surface area contributed by atoms with Gasteiger partial charge in [-0.25, -0.2) is 4.79 Å². The molecule has 0 bridgehead atoms. The average Bonchev–Trinajstić information content (AvgIpc) is 2.57. The number of hydrogen-bond acceptors (Lipinski definition) is 5. The fraction of sp³-hybridized carbons (Fsp3) is 0.0588. The second kappa shape index (κ2) is 6.59. The SMILES string of the molecule is COc1cccc(C(=O)O)c1Nc1c(S)cnc2ccc(Cl)cc12. The Morgan fingerprint density at radius 2 is 2.08 bits per heavy atom. The highest BCUT2D eigenvalue weighted by molar-refractivity contribution is 7.80. The summed E-state index contributed by atoms with van der Waals surface area (Å²) >= 11 is 10.5. The highest BCUT2D eigenvalue weighted by Gasteiger charge is 2.17. The molecule has 0 spiro atoms. The summed E-state index contributed by atoms with van der Waals surface area (Å²) in [6.07, 6.45) is 1.59. The zero-order valence-electron chi connectivity index (χ0n) is 12.6. The predicted octanol–water partition coefficient (Wildman–Crippen LogP) is 4.63. The summed E-state index contributed by atoms with van der Waals surface area (Å²) in [5.74, 6) is -0.650. The Hall–Kier alpha value is -2.44. The molecule has 0 amide bonds. The summed E-state index contributed by atoms with van der Waals surface area (Å²) in [4.78, 5) is 16.4. The number of anilines is 2. The van der Waals surface area contributed by atoms with Gasteiger partial charge in [-0.15, -0.1) is 12.6 Å². The van der Waals surface area contributed by atoms with Crippen molar-refractivity contribution in [2.45, 2.75) is 4.90 Å². The van der Waals surface area contributed by atoms with Gasteiger partial charge >= 0.3 is 5.97 Å². The molecule has 0 aliphatic heterocycles. The number of methoxy groups -OCH3 is 1. The fourth-order valence-corrected chi connectivity index (χ4v) is 2.83. The predicted molar refractivity (Wildman–Crippen MR) is 97.2 cm³/mol. The van der Waals surface area contributed by atoms with E-state index in [4.69, 9.17) is 16.3 Å². The number of nitrogens with zero attached hydrogens (tertiary/aromatic N) is 1. The van der Waals surface area contributed by atoms with Crippen molar-refractivity contribution in [2.24, 2.45) is 0 Å². The van der Waals surface area contributed by atoms with Gasteiger partial charge in [0, 0.05) is 21.5 Å². The fourth-order valence-electron chi connectivity index (χ4n) is 2.42. The van der Waals surface area contributed by atoms with E-state index < -0.39 is 5.97 Å². The molecule has 0 aliphatic rings. The van der Waals surface area contributed by atoms with Crippen LogP contribution in [0, 0.1) is 0 Å². The first-order valence-electron chi connectivity index (χ1n) is 6.96. The van der Waals surface area contributed by atoms with Gasteiger partial charge in [-0.3, -0.25) is 4.98 Å². The molecule has 1 aromatic heterocycles. The first kappa shape index (κ1) is 16.4. The molecule has 3 aromatic rings. The van der Waals surface area contributed by atoms with E-state index in [1.54, 1.807) is 36.5 Å². The Balaban J connectivity index is 2.23. The second-order valence-electron chi connectivity index (χ2n) is 4.99. The Morgan fingerprint density at radius 3 is 2.79 bits per heavy atom. The van der Waals surface area contributed by atoms with Crippen LogP contribution in [0.4, 0.5) is 11.4 Å². The van der Waals surface area contributed by atoms with Gasteiger partial charge in [0.25, 0.3) is 0 Å². The molecule has 7 heteroatoms. The maximum atomic E-state index is 11.5. The summed E-state index contributed by atoms with van der Waals surface area (Å²) in [5.41, 5.74) is 1.76. The monoisotopic (exact) mass is 360 g/mol. The van der Waals surface area contributed by atoms with E-state index in [0.29, 0.717) is 32.6 Å². The zero-order chi connectivity index (χ0) is 17.3. The van der Waals surface area contributed by atoms with E-state index in [1.165, 1.54) is 13.2 Å². The van der Waals surface area contributed by atoms with Gasteiger partial charge in [0.2, 0.25) is 0 Å². The average molecular weight is 361 g/mol. The number of halogens is 1. The van der Waals surface area contributed by atoms with Crippen LogP contribution in [0.5, 0.6) is 5.75 Å². The van der Waals surface area contributed by atoms with Crippen LogP contribution in [0.3, 0.4) is 0 Å². The zero-order valence-corrected chi connectivity index (χ0v) is 14.2. The third-order valence-electron chi connectivity index (χ3n) is 3.54. The summed E-state index contributed by atoms with van der Waals surface area (Å²) < 4.78 is 5.29. The van der Waals surface area contributed by atoms with Crippen molar-refractivity contribution in [3.8, 4) is 5.75 Å². The number of para-hydroxylation sites is 1. The molecule has 2 N–H and O–H groups in total. The van der Waals surface area contributed by atoms with E-state index >= 15 is 0 Å². The topological polar surface area (TPSA) is 71.5 Å². The van der Waals surface area contributed by atoms with Crippen LogP contribution in [0.2, 0.25) is 5.02 Å². The number of benzene rings is 2. The normalized spacial score (nSPS) is 10.6. The molecule has 2 aromatic carbocycles. The first-order chi connectivity index (χ1) is 11.5. The standard InChI is InChI=1S/C17H13ClN2O3S/c1-23-13-4-2-3-10(17(21)22)15(13)20-16-11-7-9(18)5-6-12(11)19-8-14(16)24/h2-8,24H,1H3,(H,19,20)(H,21,22). The van der Waals surface area contributed by atoms with E-state index in [1.807, 2.05) is 0 Å². The van der Waals surface area contributed by atoms with Gasteiger partial charge in [-0.2, -0.15) is 0 Å². The Kier molecular flexibility index (Phi) is 4.51. The minimum absolute atomic E-state index is 0.0917. The number of thiol groups is 1. The van der Waals surface area contributed by atoms with Crippen molar-refractivity contribution in [2.75, 3.05) is 12.4 Å². The van der Waals surface area contributed by atoms with Gasteiger partial charge in [-0.05, 0) is 30.3 Å². The molecule has 0 fully saturated rings. The van der Waals surface area contributed by atoms with Gasteiger partial charge in [0.15, 0.2) is 0 Å². The quantitative estimate of drug-likeness (QED) is 0.592. The summed E-state index contributed by atoms with van der Waals surface area (Å²) in [6.45, 7) is 0. The minimum atomic E-state index is -1.06. The van der Waals surface area contributed by atoms with E-state index in [0.717, 1.165) is 5.39 Å². The van der Waals surface area contributed by atoms with Gasteiger partial charge in [0.1, 0.15) is 5.75 Å². The van der Waals surface area contributed by atoms with Crippen LogP contribution in [0.25, 0.3) is 10.9 Å². The first-order valence-corrected chi connectivity index (χ1v) is 7.78. The molecule has 0 saturated heterocycles. The Morgan fingerprint density at radius 1 is 1.29 bits per heavy atom. The second-order valence-corrected chi connectivity index (χ2v) is 5.91. The molecule has 0 unspecified atom stereocenters. The molecule has 3 rings (SSSR count). The van der Waals surface area contributed by atoms with Crippen LogP contribution in [-0.2, 0) is 0 Å². The Labute approximate surface area is 148 Å². The van der Waals surface area contributed by atoms with Crippen LogP contribution in [-0.4, -0.2) is 23.2 Å². The third kappa shape index (κ3) is 2.98. The van der Waals surface area contributed by atoms with Crippen LogP contribution >= 0.6 is 24.2 Å². The highest BCUT2D eigenvalue weighted by atomic mass is 35.5. The van der Waals surface area contributed by atoms with Crippen molar-refractivity contribution in [3.05, 3.63) is 53.2 Å². The maximum Gasteiger partial charge on any atom is 0.337 e. The molecule has 1 heterocycles. The molecule has 5 nitrogen and oxygen atoms in total.